The van der Waals surface area contributed by atoms with E-state index >= 15 is 0 Å². The van der Waals surface area contributed by atoms with Crippen LogP contribution in [-0.2, 0) is 34.1 Å². The number of aryl methyl sites for hydroxylation is 1. The second-order valence-electron chi connectivity index (χ2n) is 7.87. The van der Waals surface area contributed by atoms with E-state index in [1.165, 1.54) is 11.3 Å². The van der Waals surface area contributed by atoms with Crippen LogP contribution in [0.25, 0.3) is 9.88 Å². The number of anilines is 1. The average Bonchev–Trinajstić information content (AvgIpc) is 3.52. The summed E-state index contributed by atoms with van der Waals surface area (Å²) in [5.41, 5.74) is 3.06. The fraction of sp³-hybridized carbons (Fsp3) is 0.208. The summed E-state index contributed by atoms with van der Waals surface area (Å²) in [6.07, 6.45) is 1.57. The number of sulfonamides is 1. The first-order chi connectivity index (χ1) is 16.9. The first-order valence-electron chi connectivity index (χ1n) is 10.9. The third kappa shape index (κ3) is 7.79. The molecule has 0 amide bonds. The molecule has 11 heteroatoms. The Labute approximate surface area is 215 Å². The Kier molecular flexibility index (Phi) is 8.82. The van der Waals surface area contributed by atoms with Crippen LogP contribution in [0.3, 0.4) is 0 Å². The maximum atomic E-state index is 13.0. The molecule has 0 radical (unpaired) electrons. The molecule has 0 spiro atoms. The maximum Gasteiger partial charge on any atom is 0.212 e. The zero-order valence-corrected chi connectivity index (χ0v) is 21.9. The zero-order chi connectivity index (χ0) is 24.7. The van der Waals surface area contributed by atoms with Gasteiger partial charge in [-0.05, 0) is 54.0 Å². The Bertz CT molecular complexity index is 1340. The van der Waals surface area contributed by atoms with Gasteiger partial charge in [-0.3, -0.25) is 4.21 Å². The van der Waals surface area contributed by atoms with Gasteiger partial charge in [0.05, 0.1) is 22.4 Å². The highest BCUT2D eigenvalue weighted by molar-refractivity contribution is 7.89. The first-order valence-corrected chi connectivity index (χ1v) is 15.3. The molecular weight excluding hydrogens is 523 g/mol. The predicted octanol–water partition coefficient (Wildman–Crippen LogP) is 4.91. The van der Waals surface area contributed by atoms with E-state index in [9.17, 15) is 17.2 Å². The lowest BCUT2D eigenvalue weighted by atomic mass is 10.0. The molecule has 0 bridgehead atoms. The van der Waals surface area contributed by atoms with Crippen LogP contribution >= 0.6 is 22.7 Å². The minimum Gasteiger partial charge on any atom is -0.755 e. The second-order valence-corrected chi connectivity index (χ2v) is 12.2. The van der Waals surface area contributed by atoms with E-state index in [2.05, 4.69) is 9.44 Å². The van der Waals surface area contributed by atoms with Gasteiger partial charge in [0.15, 0.2) is 0 Å². The lowest BCUT2D eigenvalue weighted by Gasteiger charge is -2.18. The van der Waals surface area contributed by atoms with Gasteiger partial charge in [-0.25, -0.2) is 18.1 Å². The van der Waals surface area contributed by atoms with Crippen molar-refractivity contribution in [2.75, 3.05) is 10.5 Å². The van der Waals surface area contributed by atoms with Crippen LogP contribution < -0.4 is 9.44 Å². The van der Waals surface area contributed by atoms with Crippen molar-refractivity contribution >= 4 is 49.7 Å². The van der Waals surface area contributed by atoms with Crippen LogP contribution in [-0.4, -0.2) is 27.9 Å². The monoisotopic (exact) mass is 546 g/mol. The van der Waals surface area contributed by atoms with Crippen LogP contribution in [0.15, 0.2) is 77.5 Å². The van der Waals surface area contributed by atoms with E-state index in [1.54, 1.807) is 35.6 Å². The fourth-order valence-corrected chi connectivity index (χ4v) is 6.89. The molecule has 4 rings (SSSR count). The molecule has 2 heterocycles. The number of thiazole rings is 1. The van der Waals surface area contributed by atoms with Crippen molar-refractivity contribution < 1.29 is 17.2 Å². The molecule has 35 heavy (non-hydrogen) atoms. The van der Waals surface area contributed by atoms with Gasteiger partial charge in [0, 0.05) is 22.3 Å². The number of hydrogen-bond acceptors (Lipinski definition) is 7. The van der Waals surface area contributed by atoms with Gasteiger partial charge in [-0.2, -0.15) is 0 Å². The second kappa shape index (κ2) is 12.0. The third-order valence-corrected chi connectivity index (χ3v) is 9.02. The van der Waals surface area contributed by atoms with Crippen molar-refractivity contribution in [3.8, 4) is 9.88 Å². The number of nitrogens with zero attached hydrogens (tertiary/aromatic N) is 1. The summed E-state index contributed by atoms with van der Waals surface area (Å²) in [7, 11) is -3.56. The minimum absolute atomic E-state index is 0.0124. The number of nitrogens with one attached hydrogen (secondary N) is 2. The van der Waals surface area contributed by atoms with Gasteiger partial charge in [-0.1, -0.05) is 48.5 Å². The normalized spacial score (nSPS) is 13.4. The highest BCUT2D eigenvalue weighted by Crippen LogP contribution is 2.31. The van der Waals surface area contributed by atoms with Gasteiger partial charge in [0.1, 0.15) is 5.01 Å². The summed E-state index contributed by atoms with van der Waals surface area (Å²) < 4.78 is 52.9. The Balaban J connectivity index is 1.49. The quantitative estimate of drug-likeness (QED) is 0.245. The Morgan fingerprint density at radius 3 is 2.43 bits per heavy atom. The summed E-state index contributed by atoms with van der Waals surface area (Å²) in [4.78, 5) is 5.76. The molecule has 0 aliphatic heterocycles. The smallest absolute Gasteiger partial charge is 0.212 e. The average molecular weight is 547 g/mol. The molecule has 2 N–H and O–H groups in total. The maximum absolute atomic E-state index is 13.0. The number of thiophene rings is 1. The Morgan fingerprint density at radius 2 is 1.74 bits per heavy atom. The standard InChI is InChI=1S/C24H25N3O4S4/c28-34(29)26-20-12-10-19(11-13-20)16-21(22-17-33-24(25-22)23-9-4-14-32-23)27-35(30,31)15-5-8-18-6-2-1-3-7-18/h1-4,6-7,9-14,17,21,26-27H,5,8,15-16H2,(H,28,29)/p-1/t21-/m0/s1. The van der Waals surface area contributed by atoms with Crippen LogP contribution in [0.5, 0.6) is 0 Å². The van der Waals surface area contributed by atoms with Gasteiger partial charge >= 0.3 is 0 Å². The molecule has 0 fully saturated rings. The van der Waals surface area contributed by atoms with Gasteiger partial charge in [0.2, 0.25) is 10.0 Å². The molecular formula is C24H24N3O4S4-. The predicted molar refractivity (Wildman–Crippen MR) is 143 cm³/mol. The molecule has 0 saturated heterocycles. The summed E-state index contributed by atoms with van der Waals surface area (Å²) in [6.45, 7) is 0. The van der Waals surface area contributed by atoms with Gasteiger partial charge < -0.3 is 9.27 Å². The highest BCUT2D eigenvalue weighted by Gasteiger charge is 2.23. The van der Waals surface area contributed by atoms with E-state index in [0.29, 0.717) is 30.6 Å². The van der Waals surface area contributed by atoms with Crippen LogP contribution in [0.1, 0.15) is 29.3 Å². The zero-order valence-electron chi connectivity index (χ0n) is 18.6. The number of rotatable bonds is 12. The van der Waals surface area contributed by atoms with Crippen molar-refractivity contribution in [3.63, 3.8) is 0 Å². The van der Waals surface area contributed by atoms with E-state index in [1.807, 2.05) is 53.2 Å². The molecule has 2 aromatic heterocycles. The van der Waals surface area contributed by atoms with Crippen LogP contribution in [0.4, 0.5) is 5.69 Å². The summed E-state index contributed by atoms with van der Waals surface area (Å²) in [6, 6.07) is 20.1. The minimum atomic E-state index is -3.56. The van der Waals surface area contributed by atoms with Crippen molar-refractivity contribution in [1.29, 1.82) is 0 Å². The van der Waals surface area contributed by atoms with Gasteiger partial charge in [0.25, 0.3) is 0 Å². The topological polar surface area (TPSA) is 111 Å². The van der Waals surface area contributed by atoms with E-state index < -0.39 is 27.3 Å². The number of benzene rings is 2. The molecule has 0 saturated carbocycles. The largest absolute Gasteiger partial charge is 0.755 e. The van der Waals surface area contributed by atoms with E-state index in [-0.39, 0.29) is 5.75 Å². The molecule has 7 nitrogen and oxygen atoms in total. The van der Waals surface area contributed by atoms with Gasteiger partial charge in [-0.15, -0.1) is 22.7 Å². The molecule has 0 aliphatic carbocycles. The SMILES string of the molecule is O=S([O-])Nc1ccc(C[C@H](NS(=O)(=O)CCCc2ccccc2)c2csc(-c3cccs3)n2)cc1. The highest BCUT2D eigenvalue weighted by atomic mass is 32.2. The fourth-order valence-electron chi connectivity index (χ4n) is 3.59. The Hall–Kier alpha value is -2.41. The lowest BCUT2D eigenvalue weighted by Crippen LogP contribution is -2.32. The van der Waals surface area contributed by atoms with Crippen LogP contribution in [0, 0.1) is 0 Å². The third-order valence-electron chi connectivity index (χ3n) is 5.25. The number of hydrogen-bond donors (Lipinski definition) is 2. The molecule has 184 valence electrons. The summed E-state index contributed by atoms with van der Waals surface area (Å²) >= 11 is 0.662. The van der Waals surface area contributed by atoms with E-state index in [0.717, 1.165) is 21.0 Å². The van der Waals surface area contributed by atoms with Crippen molar-refractivity contribution in [3.05, 3.63) is 94.3 Å². The first kappa shape index (κ1) is 25.7. The van der Waals surface area contributed by atoms with E-state index in [4.69, 9.17) is 4.98 Å². The molecule has 2 aromatic carbocycles. The Morgan fingerprint density at radius 1 is 0.971 bits per heavy atom. The van der Waals surface area contributed by atoms with Crippen molar-refractivity contribution in [2.24, 2.45) is 0 Å². The molecule has 0 aliphatic rings. The summed E-state index contributed by atoms with van der Waals surface area (Å²) in [5, 5.41) is 4.72. The molecule has 2 atom stereocenters. The molecule has 1 unspecified atom stereocenters. The number of aromatic nitrogens is 1. The van der Waals surface area contributed by atoms with Crippen molar-refractivity contribution in [2.45, 2.75) is 25.3 Å². The summed E-state index contributed by atoms with van der Waals surface area (Å²) in [5.74, 6) is 0.0124. The van der Waals surface area contributed by atoms with Crippen LogP contribution in [0.2, 0.25) is 0 Å². The molecule has 4 aromatic rings. The van der Waals surface area contributed by atoms with Crippen molar-refractivity contribution in [1.82, 2.24) is 9.71 Å². The lowest BCUT2D eigenvalue weighted by molar-refractivity contribution is 0.542.